The number of carbonyl (C=O) groups is 2. The van der Waals surface area contributed by atoms with Crippen LogP contribution >= 0.6 is 0 Å². The van der Waals surface area contributed by atoms with Crippen LogP contribution in [0.25, 0.3) is 0 Å². The molecule has 0 spiro atoms. The SMILES string of the molecule is C=CCN.Cc1ccc(C(N)=O)c(O)c1[C@]12CCC[C@H](C)[C@]1(O)CCC(=O)C2. The summed E-state index contributed by atoms with van der Waals surface area (Å²) in [6.45, 7) is 7.79. The number of fused-ring (bicyclic) bond motifs is 1. The maximum absolute atomic E-state index is 12.3. The number of aryl methyl sites for hydroxylation is 1. The van der Waals surface area contributed by atoms with Gasteiger partial charge in [-0.15, -0.1) is 6.58 Å². The van der Waals surface area contributed by atoms with E-state index in [1.165, 1.54) is 6.07 Å². The minimum absolute atomic E-state index is 0.0235. The Morgan fingerprint density at radius 3 is 2.61 bits per heavy atom. The molecule has 0 radical (unpaired) electrons. The van der Waals surface area contributed by atoms with Crippen molar-refractivity contribution in [2.75, 3.05) is 6.54 Å². The van der Waals surface area contributed by atoms with Crippen LogP contribution in [0.15, 0.2) is 24.8 Å². The van der Waals surface area contributed by atoms with Crippen molar-refractivity contribution >= 4 is 11.7 Å². The summed E-state index contributed by atoms with van der Waals surface area (Å²) in [6.07, 6.45) is 4.99. The van der Waals surface area contributed by atoms with E-state index in [0.717, 1.165) is 18.4 Å². The van der Waals surface area contributed by atoms with Crippen LogP contribution in [0, 0.1) is 12.8 Å². The van der Waals surface area contributed by atoms with Crippen LogP contribution in [-0.4, -0.2) is 34.0 Å². The number of nitrogens with two attached hydrogens (primary N) is 2. The lowest BCUT2D eigenvalue weighted by Gasteiger charge is -2.57. The second-order valence-corrected chi connectivity index (χ2v) is 8.06. The summed E-state index contributed by atoms with van der Waals surface area (Å²) in [5.41, 5.74) is 9.74. The molecule has 6 nitrogen and oxygen atoms in total. The Bertz CT molecular complexity index is 776. The van der Waals surface area contributed by atoms with Crippen molar-refractivity contribution in [3.63, 3.8) is 0 Å². The minimum Gasteiger partial charge on any atom is -0.507 e. The van der Waals surface area contributed by atoms with Crippen LogP contribution < -0.4 is 11.5 Å². The first-order chi connectivity index (χ1) is 13.1. The summed E-state index contributed by atoms with van der Waals surface area (Å²) in [6, 6.07) is 3.24. The highest BCUT2D eigenvalue weighted by molar-refractivity contribution is 5.96. The summed E-state index contributed by atoms with van der Waals surface area (Å²) in [5, 5.41) is 22.4. The van der Waals surface area contributed by atoms with E-state index in [1.807, 2.05) is 13.8 Å². The lowest BCUT2D eigenvalue weighted by molar-refractivity contribution is -0.153. The standard InChI is InChI=1S/C19H25NO4.C3H7N/c1-11-5-6-14(17(20)23)16(22)15(11)18-8-3-4-12(2)19(18,24)9-7-13(21)10-18;1-2-3-4/h5-6,12,22,24H,3-4,7-10H2,1-2H3,(H2,20,23);2H,1,3-4H2/t12-,18+,19+;/m0./s1. The fourth-order valence-corrected chi connectivity index (χ4v) is 5.04. The van der Waals surface area contributed by atoms with Gasteiger partial charge in [0.05, 0.1) is 11.2 Å². The molecule has 2 fully saturated rings. The fraction of sp³-hybridized carbons (Fsp3) is 0.545. The lowest BCUT2D eigenvalue weighted by atomic mass is 9.50. The normalized spacial score (nSPS) is 29.3. The highest BCUT2D eigenvalue weighted by atomic mass is 16.3. The Morgan fingerprint density at radius 2 is 2.04 bits per heavy atom. The average Bonchev–Trinajstić information content (AvgIpc) is 2.64. The monoisotopic (exact) mass is 388 g/mol. The number of carbonyl (C=O) groups excluding carboxylic acids is 2. The number of aliphatic hydroxyl groups is 1. The molecule has 2 saturated carbocycles. The largest absolute Gasteiger partial charge is 0.507 e. The van der Waals surface area contributed by atoms with E-state index in [9.17, 15) is 19.8 Å². The first-order valence-electron chi connectivity index (χ1n) is 9.82. The Morgan fingerprint density at radius 1 is 1.39 bits per heavy atom. The lowest BCUT2D eigenvalue weighted by Crippen LogP contribution is -2.61. The molecule has 0 bridgehead atoms. The summed E-state index contributed by atoms with van der Waals surface area (Å²) >= 11 is 0. The van der Waals surface area contributed by atoms with E-state index in [0.29, 0.717) is 31.4 Å². The van der Waals surface area contributed by atoms with E-state index < -0.39 is 16.9 Å². The third kappa shape index (κ3) is 3.59. The molecule has 6 N–H and O–H groups in total. The van der Waals surface area contributed by atoms with E-state index in [2.05, 4.69) is 6.58 Å². The number of aromatic hydroxyl groups is 1. The van der Waals surface area contributed by atoms with Gasteiger partial charge in [-0.1, -0.05) is 25.5 Å². The van der Waals surface area contributed by atoms with Crippen molar-refractivity contribution in [1.82, 2.24) is 0 Å². The molecule has 6 heteroatoms. The van der Waals surface area contributed by atoms with Gasteiger partial charge in [0.1, 0.15) is 11.5 Å². The van der Waals surface area contributed by atoms with Crippen molar-refractivity contribution in [3.05, 3.63) is 41.5 Å². The Kier molecular flexibility index (Phi) is 6.67. The van der Waals surface area contributed by atoms with E-state index in [-0.39, 0.29) is 29.4 Å². The highest BCUT2D eigenvalue weighted by Gasteiger charge is 2.60. The molecule has 1 aromatic rings. The van der Waals surface area contributed by atoms with Gasteiger partial charge < -0.3 is 21.7 Å². The van der Waals surface area contributed by atoms with Crippen molar-refractivity contribution < 1.29 is 19.8 Å². The maximum atomic E-state index is 12.3. The Balaban J connectivity index is 0.000000640. The van der Waals surface area contributed by atoms with Gasteiger partial charge in [-0.05, 0) is 43.7 Å². The summed E-state index contributed by atoms with van der Waals surface area (Å²) in [7, 11) is 0. The number of hydrogen-bond donors (Lipinski definition) is 4. The molecule has 2 aliphatic carbocycles. The quantitative estimate of drug-likeness (QED) is 0.592. The first kappa shape index (κ1) is 22.1. The van der Waals surface area contributed by atoms with Crippen LogP contribution in [-0.2, 0) is 10.2 Å². The van der Waals surface area contributed by atoms with Crippen molar-refractivity contribution in [2.24, 2.45) is 17.4 Å². The molecule has 0 aliphatic heterocycles. The van der Waals surface area contributed by atoms with Gasteiger partial charge in [-0.3, -0.25) is 9.59 Å². The van der Waals surface area contributed by atoms with Gasteiger partial charge in [0, 0.05) is 30.4 Å². The molecule has 1 amide bonds. The van der Waals surface area contributed by atoms with Gasteiger partial charge in [0.15, 0.2) is 0 Å². The van der Waals surface area contributed by atoms with Crippen molar-refractivity contribution in [3.8, 4) is 5.75 Å². The van der Waals surface area contributed by atoms with Crippen molar-refractivity contribution in [2.45, 2.75) is 63.4 Å². The molecule has 1 aromatic carbocycles. The smallest absolute Gasteiger partial charge is 0.252 e. The molecule has 0 heterocycles. The number of primary amides is 1. The van der Waals surface area contributed by atoms with Crippen LogP contribution in [0.1, 0.15) is 66.9 Å². The number of phenols is 1. The fourth-order valence-electron chi connectivity index (χ4n) is 5.04. The van der Waals surface area contributed by atoms with Gasteiger partial charge in [-0.25, -0.2) is 0 Å². The van der Waals surface area contributed by atoms with Gasteiger partial charge in [0.25, 0.3) is 5.91 Å². The van der Waals surface area contributed by atoms with Gasteiger partial charge in [-0.2, -0.15) is 0 Å². The predicted molar refractivity (Wildman–Crippen MR) is 109 cm³/mol. The zero-order valence-electron chi connectivity index (χ0n) is 16.8. The zero-order valence-corrected chi connectivity index (χ0v) is 16.8. The van der Waals surface area contributed by atoms with Crippen LogP contribution in [0.3, 0.4) is 0 Å². The third-order valence-electron chi connectivity index (χ3n) is 6.47. The molecule has 0 unspecified atom stereocenters. The molecule has 0 aromatic heterocycles. The number of ketones is 1. The average molecular weight is 389 g/mol. The second kappa shape index (κ2) is 8.45. The maximum Gasteiger partial charge on any atom is 0.252 e. The number of rotatable bonds is 3. The summed E-state index contributed by atoms with van der Waals surface area (Å²) in [4.78, 5) is 24.0. The third-order valence-corrected chi connectivity index (χ3v) is 6.47. The highest BCUT2D eigenvalue weighted by Crippen LogP contribution is 2.58. The first-order valence-corrected chi connectivity index (χ1v) is 9.82. The molecular weight excluding hydrogens is 356 g/mol. The minimum atomic E-state index is -1.06. The van der Waals surface area contributed by atoms with Crippen LogP contribution in [0.5, 0.6) is 5.75 Å². The molecule has 28 heavy (non-hydrogen) atoms. The Hall–Kier alpha value is -2.18. The molecule has 3 rings (SSSR count). The molecule has 3 atom stereocenters. The molecule has 154 valence electrons. The van der Waals surface area contributed by atoms with E-state index in [4.69, 9.17) is 11.5 Å². The number of hydrogen-bond acceptors (Lipinski definition) is 5. The predicted octanol–water partition coefficient (Wildman–Crippen LogP) is 2.47. The van der Waals surface area contributed by atoms with Crippen LogP contribution in [0.4, 0.5) is 0 Å². The summed E-state index contributed by atoms with van der Waals surface area (Å²) < 4.78 is 0. The second-order valence-electron chi connectivity index (χ2n) is 8.06. The number of Topliss-reactive ketones (excluding diaryl/α,β-unsaturated/α-hetero) is 1. The van der Waals surface area contributed by atoms with E-state index in [1.54, 1.807) is 12.1 Å². The number of benzene rings is 1. The van der Waals surface area contributed by atoms with Gasteiger partial charge >= 0.3 is 0 Å². The molecule has 2 aliphatic rings. The summed E-state index contributed by atoms with van der Waals surface area (Å²) in [5.74, 6) is -0.767. The molecular formula is C22H32N2O4. The number of amides is 1. The van der Waals surface area contributed by atoms with Gasteiger partial charge in [0.2, 0.25) is 0 Å². The Labute approximate surface area is 166 Å². The van der Waals surface area contributed by atoms with E-state index >= 15 is 0 Å². The molecule has 0 saturated heterocycles. The van der Waals surface area contributed by atoms with Crippen LogP contribution in [0.2, 0.25) is 0 Å². The van der Waals surface area contributed by atoms with Crippen molar-refractivity contribution in [1.29, 1.82) is 0 Å². The zero-order chi connectivity index (χ0) is 21.1. The topological polar surface area (TPSA) is 127 Å².